The standard InChI is InChI=1S/C25H28N8O2/c1-4-35-25(34)19-16-26-33(22-10-9-18-7-5-6-8-20(18)29-22)24(19)30-21-15-23(28-17(2)27-21)32-13-11-31(3)12-14-32/h5-10,15-16H,4,11-14H2,1-3H3,(H,27,28,30). The van der Waals surface area contributed by atoms with Crippen LogP contribution in [0.3, 0.4) is 0 Å². The Hall–Kier alpha value is -4.05. The third-order valence-corrected chi connectivity index (χ3v) is 5.96. The SMILES string of the molecule is CCOC(=O)c1cnn(-c2ccc3ccccc3n2)c1Nc1cc(N2CCN(C)CC2)nc(C)n1. The molecule has 3 aromatic heterocycles. The second kappa shape index (κ2) is 9.67. The highest BCUT2D eigenvalue weighted by molar-refractivity contribution is 5.95. The zero-order valence-corrected chi connectivity index (χ0v) is 20.1. The van der Waals surface area contributed by atoms with E-state index in [2.05, 4.69) is 37.2 Å². The van der Waals surface area contributed by atoms with Gasteiger partial charge in [-0.25, -0.2) is 19.7 Å². The van der Waals surface area contributed by atoms with Crippen LogP contribution in [0.2, 0.25) is 0 Å². The lowest BCUT2D eigenvalue weighted by Crippen LogP contribution is -2.44. The lowest BCUT2D eigenvalue weighted by Gasteiger charge is -2.33. The lowest BCUT2D eigenvalue weighted by atomic mass is 10.2. The minimum Gasteiger partial charge on any atom is -0.462 e. The van der Waals surface area contributed by atoms with Gasteiger partial charge in [0.25, 0.3) is 0 Å². The maximum absolute atomic E-state index is 12.7. The monoisotopic (exact) mass is 472 g/mol. The molecule has 1 fully saturated rings. The number of aromatic nitrogens is 5. The van der Waals surface area contributed by atoms with E-state index in [9.17, 15) is 4.79 Å². The van der Waals surface area contributed by atoms with Crippen molar-refractivity contribution in [2.75, 3.05) is 50.1 Å². The summed E-state index contributed by atoms with van der Waals surface area (Å²) in [5.74, 6) is 2.60. The van der Waals surface area contributed by atoms with Crippen molar-refractivity contribution < 1.29 is 9.53 Å². The van der Waals surface area contributed by atoms with E-state index in [-0.39, 0.29) is 6.61 Å². The first-order valence-electron chi connectivity index (χ1n) is 11.7. The molecule has 10 nitrogen and oxygen atoms in total. The van der Waals surface area contributed by atoms with Gasteiger partial charge in [-0.15, -0.1) is 0 Å². The van der Waals surface area contributed by atoms with Crippen LogP contribution in [-0.2, 0) is 4.74 Å². The van der Waals surface area contributed by atoms with Crippen molar-refractivity contribution in [1.29, 1.82) is 0 Å². The fourth-order valence-electron chi connectivity index (χ4n) is 4.11. The quantitative estimate of drug-likeness (QED) is 0.424. The Kier molecular flexibility index (Phi) is 6.28. The first-order chi connectivity index (χ1) is 17.0. The molecule has 180 valence electrons. The molecule has 10 heteroatoms. The number of nitrogens with one attached hydrogen (secondary N) is 1. The van der Waals surface area contributed by atoms with Gasteiger partial charge in [-0.2, -0.15) is 9.78 Å². The number of pyridine rings is 1. The van der Waals surface area contributed by atoms with Crippen molar-refractivity contribution in [3.63, 3.8) is 0 Å². The van der Waals surface area contributed by atoms with Crippen LogP contribution < -0.4 is 10.2 Å². The lowest BCUT2D eigenvalue weighted by molar-refractivity contribution is 0.0527. The van der Waals surface area contributed by atoms with E-state index in [4.69, 9.17) is 9.72 Å². The highest BCUT2D eigenvalue weighted by atomic mass is 16.5. The third kappa shape index (κ3) is 4.78. The average Bonchev–Trinajstić information content (AvgIpc) is 3.27. The summed E-state index contributed by atoms with van der Waals surface area (Å²) >= 11 is 0. The molecule has 1 aliphatic rings. The second-order valence-electron chi connectivity index (χ2n) is 8.48. The topological polar surface area (TPSA) is 101 Å². The van der Waals surface area contributed by atoms with Crippen molar-refractivity contribution in [2.24, 2.45) is 0 Å². The molecule has 0 amide bonds. The molecular weight excluding hydrogens is 444 g/mol. The van der Waals surface area contributed by atoms with Crippen molar-refractivity contribution in [1.82, 2.24) is 29.6 Å². The molecule has 0 atom stereocenters. The number of hydrogen-bond acceptors (Lipinski definition) is 9. The Labute approximate surface area is 203 Å². The molecule has 0 aliphatic carbocycles. The summed E-state index contributed by atoms with van der Waals surface area (Å²) in [6, 6.07) is 13.6. The number of carbonyl (C=O) groups excluding carboxylic acids is 1. The van der Waals surface area contributed by atoms with E-state index in [1.54, 1.807) is 11.6 Å². The number of carbonyl (C=O) groups is 1. The number of piperazine rings is 1. The maximum Gasteiger partial charge on any atom is 0.343 e. The van der Waals surface area contributed by atoms with Crippen LogP contribution >= 0.6 is 0 Å². The summed E-state index contributed by atoms with van der Waals surface area (Å²) in [5.41, 5.74) is 1.14. The molecule has 1 aromatic carbocycles. The van der Waals surface area contributed by atoms with Gasteiger partial charge >= 0.3 is 5.97 Å². The predicted molar refractivity (Wildman–Crippen MR) is 135 cm³/mol. The van der Waals surface area contributed by atoms with Gasteiger partial charge in [0.2, 0.25) is 0 Å². The van der Waals surface area contributed by atoms with E-state index < -0.39 is 5.97 Å². The highest BCUT2D eigenvalue weighted by Crippen LogP contribution is 2.27. The molecule has 1 saturated heterocycles. The predicted octanol–water partition coefficient (Wildman–Crippen LogP) is 3.19. The summed E-state index contributed by atoms with van der Waals surface area (Å²) in [6.07, 6.45) is 1.49. The van der Waals surface area contributed by atoms with Crippen molar-refractivity contribution in [2.45, 2.75) is 13.8 Å². The van der Waals surface area contributed by atoms with E-state index >= 15 is 0 Å². The third-order valence-electron chi connectivity index (χ3n) is 5.96. The van der Waals surface area contributed by atoms with Crippen LogP contribution in [0.25, 0.3) is 16.7 Å². The molecular formula is C25H28N8O2. The number of aryl methyl sites for hydroxylation is 1. The van der Waals surface area contributed by atoms with Crippen LogP contribution in [-0.4, -0.2) is 75.4 Å². The zero-order valence-electron chi connectivity index (χ0n) is 20.1. The van der Waals surface area contributed by atoms with Crippen molar-refractivity contribution >= 4 is 34.3 Å². The van der Waals surface area contributed by atoms with E-state index in [1.165, 1.54) is 6.20 Å². The Bertz CT molecular complexity index is 1360. The maximum atomic E-state index is 12.7. The van der Waals surface area contributed by atoms with E-state index in [1.807, 2.05) is 49.4 Å². The number of ether oxygens (including phenoxy) is 1. The van der Waals surface area contributed by atoms with Gasteiger partial charge < -0.3 is 19.9 Å². The van der Waals surface area contributed by atoms with Gasteiger partial charge in [0, 0.05) is 37.6 Å². The average molecular weight is 473 g/mol. The zero-order chi connectivity index (χ0) is 24.4. The van der Waals surface area contributed by atoms with Crippen LogP contribution in [0.4, 0.5) is 17.5 Å². The molecule has 0 radical (unpaired) electrons. The van der Waals surface area contributed by atoms with Gasteiger partial charge in [-0.3, -0.25) is 0 Å². The molecule has 1 aliphatic heterocycles. The summed E-state index contributed by atoms with van der Waals surface area (Å²) in [5, 5.41) is 8.79. The Morgan fingerprint density at radius 1 is 1.03 bits per heavy atom. The number of esters is 1. The van der Waals surface area contributed by atoms with Crippen LogP contribution in [0.15, 0.2) is 48.7 Å². The largest absolute Gasteiger partial charge is 0.462 e. The van der Waals surface area contributed by atoms with Gasteiger partial charge in [0.15, 0.2) is 11.6 Å². The molecule has 0 unspecified atom stereocenters. The van der Waals surface area contributed by atoms with Crippen molar-refractivity contribution in [3.05, 3.63) is 60.0 Å². The number of para-hydroxylation sites is 1. The van der Waals surface area contributed by atoms with Crippen molar-refractivity contribution in [3.8, 4) is 5.82 Å². The fraction of sp³-hybridized carbons (Fsp3) is 0.320. The number of anilines is 3. The van der Waals surface area contributed by atoms with E-state index in [0.717, 1.165) is 42.9 Å². The van der Waals surface area contributed by atoms with Gasteiger partial charge in [0.1, 0.15) is 23.0 Å². The number of benzene rings is 1. The Morgan fingerprint density at radius 3 is 2.63 bits per heavy atom. The van der Waals surface area contributed by atoms with Gasteiger partial charge in [-0.05, 0) is 39.1 Å². The summed E-state index contributed by atoms with van der Waals surface area (Å²) in [4.78, 5) is 31.2. The molecule has 4 aromatic rings. The number of hydrogen-bond donors (Lipinski definition) is 1. The second-order valence-corrected chi connectivity index (χ2v) is 8.48. The molecule has 1 N–H and O–H groups in total. The van der Waals surface area contributed by atoms with Gasteiger partial charge in [-0.1, -0.05) is 18.2 Å². The minimum atomic E-state index is -0.466. The number of fused-ring (bicyclic) bond motifs is 1. The number of rotatable bonds is 6. The molecule has 4 heterocycles. The highest BCUT2D eigenvalue weighted by Gasteiger charge is 2.22. The Balaban J connectivity index is 1.54. The minimum absolute atomic E-state index is 0.262. The Morgan fingerprint density at radius 2 is 1.83 bits per heavy atom. The smallest absolute Gasteiger partial charge is 0.343 e. The summed E-state index contributed by atoms with van der Waals surface area (Å²) in [6.45, 7) is 7.62. The first kappa shape index (κ1) is 22.7. The number of likely N-dealkylation sites (N-methyl/N-ethyl adjacent to an activating group) is 1. The van der Waals surface area contributed by atoms with Crippen LogP contribution in [0.1, 0.15) is 23.1 Å². The molecule has 5 rings (SSSR count). The first-order valence-corrected chi connectivity index (χ1v) is 11.7. The molecule has 0 bridgehead atoms. The van der Waals surface area contributed by atoms with E-state index in [0.29, 0.717) is 28.8 Å². The molecule has 35 heavy (non-hydrogen) atoms. The molecule has 0 spiro atoms. The summed E-state index contributed by atoms with van der Waals surface area (Å²) in [7, 11) is 2.12. The fourth-order valence-corrected chi connectivity index (χ4v) is 4.11. The van der Waals surface area contributed by atoms with Crippen LogP contribution in [0, 0.1) is 6.92 Å². The van der Waals surface area contributed by atoms with Gasteiger partial charge in [0.05, 0.1) is 18.3 Å². The molecule has 0 saturated carbocycles. The summed E-state index contributed by atoms with van der Waals surface area (Å²) < 4.78 is 6.88. The van der Waals surface area contributed by atoms with Crippen LogP contribution in [0.5, 0.6) is 0 Å². The number of nitrogens with zero attached hydrogens (tertiary/aromatic N) is 7. The normalized spacial score (nSPS) is 14.3.